The summed E-state index contributed by atoms with van der Waals surface area (Å²) < 4.78 is 31.7. The second-order valence-electron chi connectivity index (χ2n) is 7.26. The van der Waals surface area contributed by atoms with E-state index < -0.39 is 10.0 Å². The maximum atomic E-state index is 12.3. The second-order valence-corrected chi connectivity index (χ2v) is 9.20. The van der Waals surface area contributed by atoms with Gasteiger partial charge in [-0.3, -0.25) is 4.90 Å². The fourth-order valence-corrected chi connectivity index (χ4v) is 5.47. The van der Waals surface area contributed by atoms with Crippen molar-refractivity contribution in [3.05, 3.63) is 47.6 Å². The number of likely N-dealkylation sites (tertiary alicyclic amines) is 1. The summed E-state index contributed by atoms with van der Waals surface area (Å²) in [7, 11) is -3.24. The Morgan fingerprint density at radius 1 is 1.19 bits per heavy atom. The van der Waals surface area contributed by atoms with E-state index in [0.29, 0.717) is 24.9 Å². The van der Waals surface area contributed by atoms with E-state index in [1.165, 1.54) is 6.26 Å². The van der Waals surface area contributed by atoms with Crippen molar-refractivity contribution in [2.24, 2.45) is 11.8 Å². The molecule has 3 atom stereocenters. The molecule has 0 spiro atoms. The monoisotopic (exact) mass is 376 g/mol. The molecule has 0 bridgehead atoms. The molecule has 8 heteroatoms. The average molecular weight is 376 g/mol. The number of aryl methyl sites for hydroxylation is 1. The number of hydrogen-bond acceptors (Lipinski definition) is 6. The second kappa shape index (κ2) is 6.75. The summed E-state index contributed by atoms with van der Waals surface area (Å²) in [5.74, 6) is 1.96. The lowest BCUT2D eigenvalue weighted by Crippen LogP contribution is -2.35. The minimum Gasteiger partial charge on any atom is -0.338 e. The predicted octanol–water partition coefficient (Wildman–Crippen LogP) is 1.70. The Bertz CT molecular complexity index is 868. The van der Waals surface area contributed by atoms with Crippen LogP contribution in [0.25, 0.3) is 0 Å². The molecule has 1 aromatic heterocycles. The normalized spacial score (nSPS) is 27.1. The van der Waals surface area contributed by atoms with Crippen molar-refractivity contribution < 1.29 is 12.9 Å². The van der Waals surface area contributed by atoms with Crippen LogP contribution < -0.4 is 0 Å². The summed E-state index contributed by atoms with van der Waals surface area (Å²) >= 11 is 0. The van der Waals surface area contributed by atoms with Crippen LogP contribution in [0.2, 0.25) is 0 Å². The van der Waals surface area contributed by atoms with Crippen LogP contribution in [-0.4, -0.2) is 53.7 Å². The summed E-state index contributed by atoms with van der Waals surface area (Å²) in [6, 6.07) is 9.86. The van der Waals surface area contributed by atoms with Gasteiger partial charge >= 0.3 is 0 Å². The Morgan fingerprint density at radius 3 is 2.62 bits per heavy atom. The van der Waals surface area contributed by atoms with Gasteiger partial charge in [-0.25, -0.2) is 8.42 Å². The molecule has 26 heavy (non-hydrogen) atoms. The molecule has 2 saturated heterocycles. The summed E-state index contributed by atoms with van der Waals surface area (Å²) in [5, 5.41) is 3.96. The van der Waals surface area contributed by atoms with Crippen LogP contribution in [0.4, 0.5) is 0 Å². The largest absolute Gasteiger partial charge is 0.338 e. The van der Waals surface area contributed by atoms with Gasteiger partial charge in [0.1, 0.15) is 0 Å². The molecule has 140 valence electrons. The molecule has 2 aliphatic heterocycles. The third-order valence-corrected chi connectivity index (χ3v) is 6.68. The highest BCUT2D eigenvalue weighted by atomic mass is 32.2. The molecule has 3 heterocycles. The molecular weight excluding hydrogens is 352 g/mol. The minimum absolute atomic E-state index is 0.102. The summed E-state index contributed by atoms with van der Waals surface area (Å²) in [4.78, 5) is 6.70. The van der Waals surface area contributed by atoms with Gasteiger partial charge in [-0.15, -0.1) is 0 Å². The van der Waals surface area contributed by atoms with Crippen molar-refractivity contribution in [2.45, 2.75) is 25.9 Å². The minimum atomic E-state index is -3.24. The number of rotatable bonds is 5. The fourth-order valence-electron chi connectivity index (χ4n) is 4.32. The van der Waals surface area contributed by atoms with Crippen LogP contribution in [0.3, 0.4) is 0 Å². The van der Waals surface area contributed by atoms with E-state index >= 15 is 0 Å². The molecule has 7 nitrogen and oxygen atoms in total. The zero-order chi connectivity index (χ0) is 18.3. The first-order valence-electron chi connectivity index (χ1n) is 9.01. The Balaban J connectivity index is 1.55. The van der Waals surface area contributed by atoms with Gasteiger partial charge in [0.15, 0.2) is 5.82 Å². The molecule has 0 aliphatic carbocycles. The van der Waals surface area contributed by atoms with Crippen LogP contribution in [-0.2, 0) is 23.0 Å². The Labute approximate surface area is 154 Å². The van der Waals surface area contributed by atoms with Crippen LogP contribution >= 0.6 is 0 Å². The van der Waals surface area contributed by atoms with Gasteiger partial charge in [0.05, 0.1) is 18.8 Å². The first-order valence-corrected chi connectivity index (χ1v) is 10.9. The Kier molecular flexibility index (Phi) is 4.58. The Hall–Kier alpha value is -1.77. The fraction of sp³-hybridized carbons (Fsp3) is 0.556. The van der Waals surface area contributed by atoms with Crippen LogP contribution in [0, 0.1) is 11.8 Å². The summed E-state index contributed by atoms with van der Waals surface area (Å²) in [6.45, 7) is 4.88. The molecule has 2 fully saturated rings. The molecule has 4 rings (SSSR count). The number of fused-ring (bicyclic) bond motifs is 1. The van der Waals surface area contributed by atoms with Gasteiger partial charge in [-0.05, 0) is 17.4 Å². The molecule has 0 N–H and O–H groups in total. The summed E-state index contributed by atoms with van der Waals surface area (Å²) in [5.41, 5.74) is 1.07. The van der Waals surface area contributed by atoms with Crippen molar-refractivity contribution in [2.75, 3.05) is 25.9 Å². The zero-order valence-corrected chi connectivity index (χ0v) is 15.9. The molecule has 0 unspecified atom stereocenters. The number of aromatic nitrogens is 2. The van der Waals surface area contributed by atoms with Gasteiger partial charge < -0.3 is 4.52 Å². The first kappa shape index (κ1) is 17.6. The third-order valence-electron chi connectivity index (χ3n) is 5.45. The van der Waals surface area contributed by atoms with Gasteiger partial charge in [-0.2, -0.15) is 9.29 Å². The standard InChI is InChI=1S/C18H24N4O3S/c1-3-16-19-17(25-20-16)12-21-9-14-10-22(26(2,23)24)18(15(14)11-21)13-7-5-4-6-8-13/h4-8,14-15,18H,3,9-12H2,1-2H3/t14-,15-,18+/m1/s1. The van der Waals surface area contributed by atoms with E-state index in [0.717, 1.165) is 30.9 Å². The van der Waals surface area contributed by atoms with E-state index in [9.17, 15) is 8.42 Å². The quantitative estimate of drug-likeness (QED) is 0.790. The SMILES string of the molecule is CCc1noc(CN2C[C@@H]3CN(S(C)(=O)=O)[C@@H](c4ccccc4)[C@@H]3C2)n1. The number of sulfonamides is 1. The highest BCUT2D eigenvalue weighted by Gasteiger charge is 2.50. The molecule has 2 aliphatic rings. The lowest BCUT2D eigenvalue weighted by molar-refractivity contribution is 0.230. The molecular formula is C18H24N4O3S. The maximum Gasteiger partial charge on any atom is 0.240 e. The van der Waals surface area contributed by atoms with Crippen LogP contribution in [0.5, 0.6) is 0 Å². The predicted molar refractivity (Wildman–Crippen MR) is 96.7 cm³/mol. The van der Waals surface area contributed by atoms with Crippen molar-refractivity contribution in [1.82, 2.24) is 19.3 Å². The van der Waals surface area contributed by atoms with Gasteiger partial charge in [0.2, 0.25) is 15.9 Å². The third kappa shape index (κ3) is 3.28. The van der Waals surface area contributed by atoms with Crippen molar-refractivity contribution in [3.63, 3.8) is 0 Å². The first-order chi connectivity index (χ1) is 12.5. The molecule has 0 radical (unpaired) electrons. The topological polar surface area (TPSA) is 79.5 Å². The van der Waals surface area contributed by atoms with Crippen LogP contribution in [0.15, 0.2) is 34.9 Å². The molecule has 2 aromatic rings. The lowest BCUT2D eigenvalue weighted by atomic mass is 9.90. The molecule has 1 aromatic carbocycles. The van der Waals surface area contributed by atoms with Crippen molar-refractivity contribution in [3.8, 4) is 0 Å². The highest BCUT2D eigenvalue weighted by molar-refractivity contribution is 7.88. The van der Waals surface area contributed by atoms with E-state index in [1.807, 2.05) is 37.3 Å². The van der Waals surface area contributed by atoms with E-state index in [1.54, 1.807) is 4.31 Å². The number of benzene rings is 1. The maximum absolute atomic E-state index is 12.3. The van der Waals surface area contributed by atoms with Crippen LogP contribution in [0.1, 0.15) is 30.2 Å². The van der Waals surface area contributed by atoms with Crippen molar-refractivity contribution in [1.29, 1.82) is 0 Å². The van der Waals surface area contributed by atoms with Gasteiger partial charge in [-0.1, -0.05) is 42.4 Å². The molecule has 0 saturated carbocycles. The van der Waals surface area contributed by atoms with Gasteiger partial charge in [0.25, 0.3) is 0 Å². The highest BCUT2D eigenvalue weighted by Crippen LogP contribution is 2.46. The molecule has 0 amide bonds. The smallest absolute Gasteiger partial charge is 0.240 e. The number of nitrogens with zero attached hydrogens (tertiary/aromatic N) is 4. The lowest BCUT2D eigenvalue weighted by Gasteiger charge is -2.27. The van der Waals surface area contributed by atoms with E-state index in [2.05, 4.69) is 15.0 Å². The number of hydrogen-bond donors (Lipinski definition) is 0. The summed E-state index contributed by atoms with van der Waals surface area (Å²) in [6.07, 6.45) is 2.07. The Morgan fingerprint density at radius 2 is 1.96 bits per heavy atom. The average Bonchev–Trinajstić information content (AvgIpc) is 3.29. The van der Waals surface area contributed by atoms with E-state index in [4.69, 9.17) is 4.52 Å². The van der Waals surface area contributed by atoms with E-state index in [-0.39, 0.29) is 12.0 Å². The van der Waals surface area contributed by atoms with Crippen molar-refractivity contribution >= 4 is 10.0 Å². The van der Waals surface area contributed by atoms with Gasteiger partial charge in [0, 0.05) is 26.1 Å². The zero-order valence-electron chi connectivity index (χ0n) is 15.1.